The molecule has 2 N–H and O–H groups in total. The van der Waals surface area contributed by atoms with Crippen LogP contribution in [0.2, 0.25) is 5.02 Å². The topological polar surface area (TPSA) is 49.3 Å². The maximum absolute atomic E-state index is 13.5. The van der Waals surface area contributed by atoms with Gasteiger partial charge in [0, 0.05) is 0 Å². The van der Waals surface area contributed by atoms with Gasteiger partial charge in [0.2, 0.25) is 0 Å². The van der Waals surface area contributed by atoms with Gasteiger partial charge in [-0.2, -0.15) is 0 Å². The van der Waals surface area contributed by atoms with Crippen molar-refractivity contribution < 1.29 is 18.7 Å². The van der Waals surface area contributed by atoms with Gasteiger partial charge in [0.15, 0.2) is 0 Å². The zero-order valence-electron chi connectivity index (χ0n) is 9.45. The number of aromatic hydroxyl groups is 1. The number of hydrogen-bond acceptors (Lipinski definition) is 2. The second-order valence-corrected chi connectivity index (χ2v) is 4.12. The number of nitrogens with one attached hydrogen (secondary N) is 1. The van der Waals surface area contributed by atoms with E-state index in [0.29, 0.717) is 0 Å². The Bertz CT molecular complexity index is 626. The molecule has 0 aliphatic rings. The summed E-state index contributed by atoms with van der Waals surface area (Å²) in [4.78, 5) is 11.8. The third-order valence-corrected chi connectivity index (χ3v) is 2.72. The monoisotopic (exact) mass is 283 g/mol. The highest BCUT2D eigenvalue weighted by atomic mass is 35.5. The zero-order valence-corrected chi connectivity index (χ0v) is 10.2. The summed E-state index contributed by atoms with van der Waals surface area (Å²) in [6.45, 7) is 0. The number of carbonyl (C=O) groups excluding carboxylic acids is 1. The number of halogens is 3. The highest BCUT2D eigenvalue weighted by molar-refractivity contribution is 6.33. The van der Waals surface area contributed by atoms with E-state index < -0.39 is 28.9 Å². The highest BCUT2D eigenvalue weighted by Crippen LogP contribution is 2.25. The SMILES string of the molecule is O=C(Nc1cc(F)ccc1Cl)c1c(O)cccc1F. The Kier molecular flexibility index (Phi) is 3.66. The minimum atomic E-state index is -0.914. The molecule has 0 atom stereocenters. The van der Waals surface area contributed by atoms with Crippen LogP contribution < -0.4 is 5.32 Å². The summed E-state index contributed by atoms with van der Waals surface area (Å²) in [5.41, 5.74) is -0.530. The molecule has 0 spiro atoms. The maximum Gasteiger partial charge on any atom is 0.262 e. The molecule has 6 heteroatoms. The number of hydrogen-bond donors (Lipinski definition) is 2. The Balaban J connectivity index is 2.34. The van der Waals surface area contributed by atoms with Crippen molar-refractivity contribution in [2.24, 2.45) is 0 Å². The molecule has 3 nitrogen and oxygen atoms in total. The molecule has 0 saturated heterocycles. The minimum absolute atomic E-state index is 0.00526. The third kappa shape index (κ3) is 2.82. The third-order valence-electron chi connectivity index (χ3n) is 2.40. The summed E-state index contributed by atoms with van der Waals surface area (Å²) in [6.07, 6.45) is 0. The van der Waals surface area contributed by atoms with E-state index in [9.17, 15) is 18.7 Å². The molecule has 0 bridgehead atoms. The fourth-order valence-corrected chi connectivity index (χ4v) is 1.68. The Labute approximate surface area is 112 Å². The van der Waals surface area contributed by atoms with Crippen molar-refractivity contribution in [3.8, 4) is 5.75 Å². The van der Waals surface area contributed by atoms with Crippen molar-refractivity contribution in [2.45, 2.75) is 0 Å². The molecule has 0 fully saturated rings. The van der Waals surface area contributed by atoms with E-state index in [4.69, 9.17) is 11.6 Å². The van der Waals surface area contributed by atoms with Crippen LogP contribution in [-0.4, -0.2) is 11.0 Å². The van der Waals surface area contributed by atoms with Gasteiger partial charge >= 0.3 is 0 Å². The lowest BCUT2D eigenvalue weighted by atomic mass is 10.1. The average Bonchev–Trinajstić information content (AvgIpc) is 2.33. The molecule has 0 aromatic heterocycles. The van der Waals surface area contributed by atoms with E-state index >= 15 is 0 Å². The normalized spacial score (nSPS) is 10.3. The molecule has 0 aliphatic heterocycles. The fourth-order valence-electron chi connectivity index (χ4n) is 1.52. The zero-order chi connectivity index (χ0) is 14.0. The van der Waals surface area contributed by atoms with Crippen LogP contribution in [0.3, 0.4) is 0 Å². The lowest BCUT2D eigenvalue weighted by Crippen LogP contribution is -2.14. The summed E-state index contributed by atoms with van der Waals surface area (Å²) >= 11 is 5.77. The quantitative estimate of drug-likeness (QED) is 0.885. The standard InChI is InChI=1S/C13H8ClF2NO2/c14-8-5-4-7(15)6-10(8)17-13(19)12-9(16)2-1-3-11(12)18/h1-6,18H,(H,17,19). The van der Waals surface area contributed by atoms with Crippen LogP contribution in [-0.2, 0) is 0 Å². The Morgan fingerprint density at radius 1 is 1.21 bits per heavy atom. The lowest BCUT2D eigenvalue weighted by Gasteiger charge is -2.09. The molecule has 19 heavy (non-hydrogen) atoms. The minimum Gasteiger partial charge on any atom is -0.507 e. The van der Waals surface area contributed by atoms with Gasteiger partial charge in [-0.25, -0.2) is 8.78 Å². The van der Waals surface area contributed by atoms with Crippen molar-refractivity contribution in [2.75, 3.05) is 5.32 Å². The van der Waals surface area contributed by atoms with Crippen LogP contribution in [0.5, 0.6) is 5.75 Å². The van der Waals surface area contributed by atoms with E-state index in [-0.39, 0.29) is 10.7 Å². The van der Waals surface area contributed by atoms with Crippen molar-refractivity contribution in [3.63, 3.8) is 0 Å². The number of phenolic OH excluding ortho intramolecular Hbond substituents is 1. The van der Waals surface area contributed by atoms with Crippen molar-refractivity contribution >= 4 is 23.2 Å². The molecule has 98 valence electrons. The number of carbonyl (C=O) groups is 1. The number of phenols is 1. The van der Waals surface area contributed by atoms with Crippen molar-refractivity contribution in [3.05, 3.63) is 58.6 Å². The Morgan fingerprint density at radius 2 is 1.95 bits per heavy atom. The molecule has 1 amide bonds. The van der Waals surface area contributed by atoms with E-state index in [1.54, 1.807) is 0 Å². The van der Waals surface area contributed by atoms with E-state index in [1.165, 1.54) is 18.2 Å². The predicted molar refractivity (Wildman–Crippen MR) is 67.4 cm³/mol. The average molecular weight is 284 g/mol. The number of anilines is 1. The van der Waals surface area contributed by atoms with Crippen LogP contribution in [0.1, 0.15) is 10.4 Å². The van der Waals surface area contributed by atoms with E-state index in [1.807, 2.05) is 0 Å². The molecule has 0 heterocycles. The summed E-state index contributed by atoms with van der Waals surface area (Å²) in [6, 6.07) is 6.84. The summed E-state index contributed by atoms with van der Waals surface area (Å²) < 4.78 is 26.5. The summed E-state index contributed by atoms with van der Waals surface area (Å²) in [7, 11) is 0. The lowest BCUT2D eigenvalue weighted by molar-refractivity contribution is 0.102. The molecule has 0 unspecified atom stereocenters. The molecule has 0 radical (unpaired) electrons. The molecule has 2 aromatic carbocycles. The molecular weight excluding hydrogens is 276 g/mol. The maximum atomic E-state index is 13.5. The van der Waals surface area contributed by atoms with Gasteiger partial charge in [-0.3, -0.25) is 4.79 Å². The van der Waals surface area contributed by atoms with Crippen LogP contribution >= 0.6 is 11.6 Å². The highest BCUT2D eigenvalue weighted by Gasteiger charge is 2.17. The Hall–Kier alpha value is -2.14. The number of rotatable bonds is 2. The van der Waals surface area contributed by atoms with Gasteiger partial charge in [0.05, 0.1) is 10.7 Å². The first-order valence-corrected chi connectivity index (χ1v) is 5.60. The fraction of sp³-hybridized carbons (Fsp3) is 0. The van der Waals surface area contributed by atoms with Crippen molar-refractivity contribution in [1.82, 2.24) is 0 Å². The van der Waals surface area contributed by atoms with E-state index in [2.05, 4.69) is 5.32 Å². The smallest absolute Gasteiger partial charge is 0.262 e. The number of amides is 1. The molecular formula is C13H8ClF2NO2. The molecule has 0 saturated carbocycles. The van der Waals surface area contributed by atoms with Crippen LogP contribution in [0.25, 0.3) is 0 Å². The van der Waals surface area contributed by atoms with Crippen LogP contribution in [0.4, 0.5) is 14.5 Å². The first-order valence-electron chi connectivity index (χ1n) is 5.23. The van der Waals surface area contributed by atoms with Gasteiger partial charge < -0.3 is 10.4 Å². The second kappa shape index (κ2) is 5.24. The van der Waals surface area contributed by atoms with E-state index in [0.717, 1.165) is 18.2 Å². The van der Waals surface area contributed by atoms with Gasteiger partial charge in [-0.15, -0.1) is 0 Å². The predicted octanol–water partition coefficient (Wildman–Crippen LogP) is 3.58. The van der Waals surface area contributed by atoms with Gasteiger partial charge in [-0.05, 0) is 30.3 Å². The Morgan fingerprint density at radius 3 is 2.63 bits per heavy atom. The van der Waals surface area contributed by atoms with Gasteiger partial charge in [-0.1, -0.05) is 17.7 Å². The summed E-state index contributed by atoms with van der Waals surface area (Å²) in [5.74, 6) is -2.91. The molecule has 2 aromatic rings. The van der Waals surface area contributed by atoms with Gasteiger partial charge in [0.1, 0.15) is 22.9 Å². The molecule has 2 rings (SSSR count). The van der Waals surface area contributed by atoms with Crippen LogP contribution in [0, 0.1) is 11.6 Å². The van der Waals surface area contributed by atoms with Crippen LogP contribution in [0.15, 0.2) is 36.4 Å². The largest absolute Gasteiger partial charge is 0.507 e. The first-order chi connectivity index (χ1) is 8.99. The first kappa shape index (κ1) is 13.3. The van der Waals surface area contributed by atoms with Crippen molar-refractivity contribution in [1.29, 1.82) is 0 Å². The second-order valence-electron chi connectivity index (χ2n) is 3.71. The summed E-state index contributed by atoms with van der Waals surface area (Å²) in [5, 5.41) is 11.8. The van der Waals surface area contributed by atoms with Gasteiger partial charge in [0.25, 0.3) is 5.91 Å². The number of benzene rings is 2. The molecule has 0 aliphatic carbocycles.